The van der Waals surface area contributed by atoms with Gasteiger partial charge in [-0.2, -0.15) is 5.10 Å². The van der Waals surface area contributed by atoms with E-state index in [2.05, 4.69) is 10.2 Å². The first-order valence-corrected chi connectivity index (χ1v) is 6.01. The van der Waals surface area contributed by atoms with Gasteiger partial charge >= 0.3 is 0 Å². The summed E-state index contributed by atoms with van der Waals surface area (Å²) in [7, 11) is 1.78. The molecule has 0 radical (unpaired) electrons. The summed E-state index contributed by atoms with van der Waals surface area (Å²) in [6, 6.07) is 7.81. The first kappa shape index (κ1) is 15.5. The van der Waals surface area contributed by atoms with Gasteiger partial charge in [-0.3, -0.25) is 9.89 Å². The largest absolute Gasteiger partial charge is 0.341 e. The number of fused-ring (bicyclic) bond motifs is 1. The molecule has 1 atom stereocenters. The number of likely N-dealkylation sites (N-methyl/N-ethyl adjacent to an activating group) is 1. The highest BCUT2D eigenvalue weighted by atomic mass is 35.5. The van der Waals surface area contributed by atoms with Gasteiger partial charge in [0.2, 0.25) is 5.91 Å². The van der Waals surface area contributed by atoms with Crippen LogP contribution in [0.3, 0.4) is 0 Å². The fourth-order valence-electron chi connectivity index (χ4n) is 1.83. The molecule has 1 heterocycles. The van der Waals surface area contributed by atoms with Crippen LogP contribution in [-0.4, -0.2) is 40.6 Å². The van der Waals surface area contributed by atoms with E-state index in [0.29, 0.717) is 13.0 Å². The summed E-state index contributed by atoms with van der Waals surface area (Å²) in [4.78, 5) is 13.8. The van der Waals surface area contributed by atoms with Crippen molar-refractivity contribution in [3.05, 3.63) is 30.0 Å². The number of nitrogens with one attached hydrogen (secondary N) is 1. The Morgan fingerprint density at radius 2 is 2.16 bits per heavy atom. The zero-order valence-electron chi connectivity index (χ0n) is 11.1. The van der Waals surface area contributed by atoms with Gasteiger partial charge in [-0.1, -0.05) is 18.2 Å². The van der Waals surface area contributed by atoms with Crippen molar-refractivity contribution in [3.63, 3.8) is 0 Å². The molecule has 0 saturated heterocycles. The topological polar surface area (TPSA) is 75.0 Å². The smallest absolute Gasteiger partial charge is 0.228 e. The molecule has 3 N–H and O–H groups in total. The van der Waals surface area contributed by atoms with Gasteiger partial charge in [0.15, 0.2) is 0 Å². The molecule has 0 aliphatic carbocycles. The maximum absolute atomic E-state index is 12.1. The standard InChI is InChI=1S/C13H18N4O.ClH/c1-9(8-14)17(2)13(18)7-12-10-5-3-4-6-11(10)15-16-12;/h3-6,9H,7-8,14H2,1-2H3,(H,15,16);1H. The highest BCUT2D eigenvalue weighted by Crippen LogP contribution is 2.16. The number of carbonyl (C=O) groups excluding carboxylic acids is 1. The third-order valence-electron chi connectivity index (χ3n) is 3.26. The normalized spacial score (nSPS) is 11.9. The van der Waals surface area contributed by atoms with Crippen LogP contribution in [0.1, 0.15) is 12.6 Å². The second kappa shape index (κ2) is 6.54. The predicted molar refractivity (Wildman–Crippen MR) is 78.3 cm³/mol. The summed E-state index contributed by atoms with van der Waals surface area (Å²) >= 11 is 0. The molecule has 5 nitrogen and oxygen atoms in total. The Labute approximate surface area is 118 Å². The van der Waals surface area contributed by atoms with Gasteiger partial charge in [0.05, 0.1) is 17.6 Å². The molecule has 104 valence electrons. The van der Waals surface area contributed by atoms with Crippen molar-refractivity contribution >= 4 is 29.2 Å². The minimum atomic E-state index is 0. The van der Waals surface area contributed by atoms with E-state index in [9.17, 15) is 4.79 Å². The molecule has 1 amide bonds. The number of aromatic nitrogens is 2. The van der Waals surface area contributed by atoms with Crippen LogP contribution >= 0.6 is 12.4 Å². The average Bonchev–Trinajstić information content (AvgIpc) is 2.80. The van der Waals surface area contributed by atoms with Gasteiger partial charge in [0, 0.05) is 25.0 Å². The van der Waals surface area contributed by atoms with E-state index in [1.54, 1.807) is 11.9 Å². The zero-order chi connectivity index (χ0) is 13.1. The summed E-state index contributed by atoms with van der Waals surface area (Å²) in [5, 5.41) is 8.10. The molecule has 0 aliphatic rings. The number of benzene rings is 1. The molecule has 2 aromatic rings. The minimum Gasteiger partial charge on any atom is -0.341 e. The van der Waals surface area contributed by atoms with Crippen LogP contribution in [0.2, 0.25) is 0 Å². The molecule has 1 unspecified atom stereocenters. The molecule has 2 rings (SSSR count). The van der Waals surface area contributed by atoms with Crippen molar-refractivity contribution in [1.82, 2.24) is 15.1 Å². The molecular weight excluding hydrogens is 264 g/mol. The summed E-state index contributed by atoms with van der Waals surface area (Å²) in [6.07, 6.45) is 0.321. The molecule has 0 saturated carbocycles. The fraction of sp³-hybridized carbons (Fsp3) is 0.385. The van der Waals surface area contributed by atoms with Crippen LogP contribution in [0.25, 0.3) is 10.9 Å². The van der Waals surface area contributed by atoms with Gasteiger partial charge < -0.3 is 10.6 Å². The number of H-pyrrole nitrogens is 1. The molecule has 0 aliphatic heterocycles. The first-order valence-electron chi connectivity index (χ1n) is 6.01. The van der Waals surface area contributed by atoms with Crippen LogP contribution in [-0.2, 0) is 11.2 Å². The second-order valence-electron chi connectivity index (χ2n) is 4.49. The number of aromatic amines is 1. The molecule has 1 aromatic heterocycles. The van der Waals surface area contributed by atoms with Gasteiger partial charge in [-0.15, -0.1) is 12.4 Å². The third kappa shape index (κ3) is 3.24. The van der Waals surface area contributed by atoms with Crippen molar-refractivity contribution in [2.24, 2.45) is 5.73 Å². The lowest BCUT2D eigenvalue weighted by Gasteiger charge is -2.23. The lowest BCUT2D eigenvalue weighted by Crippen LogP contribution is -2.40. The molecule has 0 spiro atoms. The Morgan fingerprint density at radius 1 is 1.47 bits per heavy atom. The number of nitrogens with two attached hydrogens (primary N) is 1. The summed E-state index contributed by atoms with van der Waals surface area (Å²) in [5.74, 6) is 0.0438. The van der Waals surface area contributed by atoms with Crippen molar-refractivity contribution in [1.29, 1.82) is 0 Å². The van der Waals surface area contributed by atoms with Gasteiger partial charge in [0.1, 0.15) is 0 Å². The Bertz CT molecular complexity index is 554. The predicted octanol–water partition coefficient (Wildman–Crippen LogP) is 1.33. The van der Waals surface area contributed by atoms with E-state index in [1.165, 1.54) is 0 Å². The molecule has 0 fully saturated rings. The van der Waals surface area contributed by atoms with Crippen molar-refractivity contribution < 1.29 is 4.79 Å². The highest BCUT2D eigenvalue weighted by Gasteiger charge is 2.16. The van der Waals surface area contributed by atoms with Gasteiger partial charge in [-0.05, 0) is 13.0 Å². The number of amides is 1. The Balaban J connectivity index is 0.00000180. The lowest BCUT2D eigenvalue weighted by molar-refractivity contribution is -0.130. The van der Waals surface area contributed by atoms with Crippen LogP contribution in [0.4, 0.5) is 0 Å². The van der Waals surface area contributed by atoms with E-state index < -0.39 is 0 Å². The number of nitrogens with zero attached hydrogens (tertiary/aromatic N) is 2. The Kier molecular flexibility index (Phi) is 5.32. The van der Waals surface area contributed by atoms with Gasteiger partial charge in [-0.25, -0.2) is 0 Å². The fourth-order valence-corrected chi connectivity index (χ4v) is 1.83. The first-order chi connectivity index (χ1) is 8.63. The summed E-state index contributed by atoms with van der Waals surface area (Å²) in [5.41, 5.74) is 7.30. The Morgan fingerprint density at radius 3 is 2.84 bits per heavy atom. The number of rotatable bonds is 4. The molecule has 1 aromatic carbocycles. The number of hydrogen-bond donors (Lipinski definition) is 2. The monoisotopic (exact) mass is 282 g/mol. The SMILES string of the molecule is CC(CN)N(C)C(=O)Cc1[nH]nc2ccccc12.Cl. The third-order valence-corrected chi connectivity index (χ3v) is 3.26. The Hall–Kier alpha value is -1.59. The van der Waals surface area contributed by atoms with Crippen LogP contribution in [0.15, 0.2) is 24.3 Å². The maximum Gasteiger partial charge on any atom is 0.228 e. The van der Waals surface area contributed by atoms with E-state index in [4.69, 9.17) is 5.73 Å². The molecule has 19 heavy (non-hydrogen) atoms. The van der Waals surface area contributed by atoms with Crippen LogP contribution < -0.4 is 5.73 Å². The zero-order valence-corrected chi connectivity index (χ0v) is 11.9. The van der Waals surface area contributed by atoms with E-state index in [-0.39, 0.29) is 24.4 Å². The average molecular weight is 283 g/mol. The van der Waals surface area contributed by atoms with Crippen molar-refractivity contribution in [3.8, 4) is 0 Å². The van der Waals surface area contributed by atoms with Crippen molar-refractivity contribution in [2.75, 3.05) is 13.6 Å². The number of para-hydroxylation sites is 1. The summed E-state index contributed by atoms with van der Waals surface area (Å²) < 4.78 is 0. The quantitative estimate of drug-likeness (QED) is 0.888. The second-order valence-corrected chi connectivity index (χ2v) is 4.49. The maximum atomic E-state index is 12.1. The lowest BCUT2D eigenvalue weighted by atomic mass is 10.1. The van der Waals surface area contributed by atoms with Crippen LogP contribution in [0.5, 0.6) is 0 Å². The highest BCUT2D eigenvalue weighted by molar-refractivity contribution is 5.87. The number of halogens is 1. The molecule has 6 heteroatoms. The van der Waals surface area contributed by atoms with E-state index >= 15 is 0 Å². The minimum absolute atomic E-state index is 0. The summed E-state index contributed by atoms with van der Waals surface area (Å²) in [6.45, 7) is 2.40. The number of hydrogen-bond acceptors (Lipinski definition) is 3. The van der Waals surface area contributed by atoms with Gasteiger partial charge in [0.25, 0.3) is 0 Å². The molecular formula is C13H19ClN4O. The van der Waals surface area contributed by atoms with Crippen LogP contribution in [0, 0.1) is 0 Å². The van der Waals surface area contributed by atoms with E-state index in [1.807, 2.05) is 31.2 Å². The number of carbonyl (C=O) groups is 1. The van der Waals surface area contributed by atoms with Crippen molar-refractivity contribution in [2.45, 2.75) is 19.4 Å². The molecule has 0 bridgehead atoms. The van der Waals surface area contributed by atoms with E-state index in [0.717, 1.165) is 16.6 Å².